The van der Waals surface area contributed by atoms with Gasteiger partial charge < -0.3 is 15.0 Å². The van der Waals surface area contributed by atoms with Crippen LogP contribution < -0.4 is 19.8 Å². The van der Waals surface area contributed by atoms with Gasteiger partial charge in [0.1, 0.15) is 5.75 Å². The molecule has 0 radical (unpaired) electrons. The first-order chi connectivity index (χ1) is 24.2. The highest BCUT2D eigenvalue weighted by molar-refractivity contribution is 8.00. The molecule has 3 heterocycles. The van der Waals surface area contributed by atoms with Crippen LogP contribution in [-0.4, -0.2) is 34.6 Å². The number of hydrogen-bond donors (Lipinski definition) is 2. The predicted molar refractivity (Wildman–Crippen MR) is 174 cm³/mol. The summed E-state index contributed by atoms with van der Waals surface area (Å²) in [6.07, 6.45) is -8.73. The number of imide groups is 1. The molecule has 3 fully saturated rings. The van der Waals surface area contributed by atoms with Gasteiger partial charge >= 0.3 is 17.2 Å². The van der Waals surface area contributed by atoms with Gasteiger partial charge in [-0.3, -0.25) is 24.1 Å². The first kappa shape index (κ1) is 33.6. The van der Waals surface area contributed by atoms with Gasteiger partial charge in [0.05, 0.1) is 33.7 Å². The number of nitrogens with one attached hydrogen (secondary N) is 2. The zero-order valence-corrected chi connectivity index (χ0v) is 27.6. The van der Waals surface area contributed by atoms with Crippen LogP contribution in [0, 0.1) is 29.6 Å². The molecular formula is C35H25F6N3O5S2. The SMILES string of the molecule is O=C(COc1ccccc1[C@H]1c2sc(=O)[nH]c2SC2C3CC(C4C(=O)N(c5cccc(C(F)(F)F)c5)C(=O)C34)C21)Nc1cccc(C(F)(F)F)c1. The smallest absolute Gasteiger partial charge is 0.416 e. The van der Waals surface area contributed by atoms with Crippen molar-refractivity contribution in [1.82, 2.24) is 4.98 Å². The van der Waals surface area contributed by atoms with E-state index in [-0.39, 0.29) is 45.0 Å². The van der Waals surface area contributed by atoms with E-state index < -0.39 is 65.6 Å². The molecule has 4 aliphatic rings. The third-order valence-electron chi connectivity index (χ3n) is 10.2. The van der Waals surface area contributed by atoms with Crippen LogP contribution >= 0.6 is 23.1 Å². The Morgan fingerprint density at radius 2 is 1.53 bits per heavy atom. The van der Waals surface area contributed by atoms with Gasteiger partial charge in [-0.1, -0.05) is 41.7 Å². The number of halogens is 6. The van der Waals surface area contributed by atoms with Gasteiger partial charge in [0.15, 0.2) is 6.61 Å². The molecular weight excluding hydrogens is 721 g/mol. The Morgan fingerprint density at radius 1 is 0.863 bits per heavy atom. The summed E-state index contributed by atoms with van der Waals surface area (Å²) in [6, 6.07) is 15.2. The highest BCUT2D eigenvalue weighted by Gasteiger charge is 2.70. The Hall–Kier alpha value is -4.57. The van der Waals surface area contributed by atoms with E-state index in [1.54, 1.807) is 24.3 Å². The van der Waals surface area contributed by atoms with Crippen LogP contribution in [0.1, 0.15) is 33.9 Å². The molecule has 3 aromatic carbocycles. The Bertz CT molecular complexity index is 2150. The van der Waals surface area contributed by atoms with E-state index in [4.69, 9.17) is 4.74 Å². The number of nitrogens with zero attached hydrogens (tertiary/aromatic N) is 1. The van der Waals surface area contributed by atoms with Crippen LogP contribution in [0.15, 0.2) is 82.6 Å². The number of rotatable bonds is 6. The first-order valence-electron chi connectivity index (χ1n) is 15.8. The predicted octanol–water partition coefficient (Wildman–Crippen LogP) is 7.17. The minimum Gasteiger partial charge on any atom is -0.483 e. The number of anilines is 2. The average Bonchev–Trinajstić information content (AvgIpc) is 3.82. The van der Waals surface area contributed by atoms with Gasteiger partial charge in [-0.2, -0.15) is 26.3 Å². The van der Waals surface area contributed by atoms with Crippen molar-refractivity contribution in [2.24, 2.45) is 29.6 Å². The van der Waals surface area contributed by atoms with Crippen LogP contribution in [0.2, 0.25) is 0 Å². The van der Waals surface area contributed by atoms with Crippen molar-refractivity contribution in [3.63, 3.8) is 0 Å². The molecule has 1 saturated heterocycles. The second-order valence-electron chi connectivity index (χ2n) is 13.0. The summed E-state index contributed by atoms with van der Waals surface area (Å²) in [5.74, 6) is -4.44. The van der Waals surface area contributed by atoms with Crippen LogP contribution in [0.3, 0.4) is 0 Å². The number of aromatic amines is 1. The summed E-state index contributed by atoms with van der Waals surface area (Å²) in [5, 5.41) is 2.80. The summed E-state index contributed by atoms with van der Waals surface area (Å²) < 4.78 is 86.1. The van der Waals surface area contributed by atoms with Crippen LogP contribution in [0.5, 0.6) is 5.75 Å². The van der Waals surface area contributed by atoms with Crippen molar-refractivity contribution in [2.75, 3.05) is 16.8 Å². The zero-order chi connectivity index (χ0) is 36.0. The number of benzene rings is 3. The molecule has 3 amide bonds. The number of alkyl halides is 6. The van der Waals surface area contributed by atoms with E-state index in [2.05, 4.69) is 10.3 Å². The quantitative estimate of drug-likeness (QED) is 0.160. The Kier molecular flexibility index (Phi) is 7.90. The first-order valence-corrected chi connectivity index (χ1v) is 17.5. The van der Waals surface area contributed by atoms with Crippen LogP contribution in [0.4, 0.5) is 37.7 Å². The minimum absolute atomic E-state index is 0.0629. The molecule has 6 unspecified atom stereocenters. The molecule has 7 atom stereocenters. The maximum Gasteiger partial charge on any atom is 0.416 e. The van der Waals surface area contributed by atoms with E-state index in [9.17, 15) is 45.5 Å². The van der Waals surface area contributed by atoms with Crippen molar-refractivity contribution in [3.8, 4) is 5.75 Å². The third kappa shape index (κ3) is 5.62. The number of aromatic nitrogens is 1. The number of hydrogen-bond acceptors (Lipinski definition) is 7. The lowest BCUT2D eigenvalue weighted by Gasteiger charge is -2.43. The monoisotopic (exact) mass is 745 g/mol. The van der Waals surface area contributed by atoms with E-state index in [0.29, 0.717) is 21.9 Å². The maximum absolute atomic E-state index is 14.0. The van der Waals surface area contributed by atoms with Gasteiger partial charge in [0.25, 0.3) is 5.91 Å². The lowest BCUT2D eigenvalue weighted by atomic mass is 9.68. The highest BCUT2D eigenvalue weighted by Crippen LogP contribution is 2.69. The molecule has 4 aromatic rings. The average molecular weight is 746 g/mol. The summed E-state index contributed by atoms with van der Waals surface area (Å²) in [7, 11) is 0. The number of fused-ring (bicyclic) bond motifs is 9. The molecule has 2 bridgehead atoms. The van der Waals surface area contributed by atoms with Crippen molar-refractivity contribution in [2.45, 2.75) is 35.0 Å². The van der Waals surface area contributed by atoms with Crippen molar-refractivity contribution >= 4 is 52.2 Å². The number of H-pyrrole nitrogens is 1. The van der Waals surface area contributed by atoms with Crippen molar-refractivity contribution < 1.29 is 45.5 Å². The molecule has 2 N–H and O–H groups in total. The number of thiazole rings is 1. The molecule has 264 valence electrons. The number of carbonyl (C=O) groups excluding carboxylic acids is 3. The summed E-state index contributed by atoms with van der Waals surface area (Å²) in [6.45, 7) is -0.547. The molecule has 51 heavy (non-hydrogen) atoms. The van der Waals surface area contributed by atoms with E-state index in [0.717, 1.165) is 46.6 Å². The number of thioether (sulfide) groups is 1. The lowest BCUT2D eigenvalue weighted by Crippen LogP contribution is -2.42. The fraction of sp³-hybridized carbons (Fsp3) is 0.314. The van der Waals surface area contributed by atoms with Gasteiger partial charge in [-0.15, -0.1) is 11.8 Å². The van der Waals surface area contributed by atoms with Crippen molar-refractivity contribution in [1.29, 1.82) is 0 Å². The Balaban J connectivity index is 1.09. The van der Waals surface area contributed by atoms with E-state index in [1.165, 1.54) is 30.0 Å². The molecule has 8 rings (SSSR count). The fourth-order valence-electron chi connectivity index (χ4n) is 8.42. The topological polar surface area (TPSA) is 109 Å². The van der Waals surface area contributed by atoms with Crippen LogP contribution in [0.25, 0.3) is 0 Å². The van der Waals surface area contributed by atoms with Gasteiger partial charge in [-0.05, 0) is 66.6 Å². The van der Waals surface area contributed by atoms with Crippen molar-refractivity contribution in [3.05, 3.63) is 104 Å². The molecule has 2 saturated carbocycles. The lowest BCUT2D eigenvalue weighted by molar-refractivity contribution is -0.138. The number of ether oxygens (including phenoxy) is 1. The summed E-state index contributed by atoms with van der Waals surface area (Å²) >= 11 is 2.44. The third-order valence-corrected chi connectivity index (χ3v) is 12.8. The van der Waals surface area contributed by atoms with Crippen LogP contribution in [-0.2, 0) is 26.7 Å². The van der Waals surface area contributed by atoms with E-state index in [1.807, 2.05) is 0 Å². The Labute approximate surface area is 293 Å². The zero-order valence-electron chi connectivity index (χ0n) is 26.0. The molecule has 2 aliphatic heterocycles. The molecule has 16 heteroatoms. The summed E-state index contributed by atoms with van der Waals surface area (Å²) in [4.78, 5) is 57.6. The molecule has 2 aliphatic carbocycles. The second-order valence-corrected chi connectivity index (χ2v) is 15.2. The van der Waals surface area contributed by atoms with Gasteiger partial charge in [0, 0.05) is 27.3 Å². The molecule has 1 aromatic heterocycles. The minimum atomic E-state index is -4.67. The number of para-hydroxylation sites is 1. The standard InChI is InChI=1S/C35H25F6N3O5S2/c36-34(37,38)15-5-3-7-17(11-15)42-23(45)14-49-22-10-2-1-9-19(22)24-25-20-13-21(28(25)50-30-29(24)51-33(48)43-30)27-26(20)31(46)44(32(27)47)18-8-4-6-16(12-18)35(39,40)41/h1-12,20-21,24-28H,13-14H2,(H,42,45)(H,43,48)/t20?,21?,24-,25?,26?,27?,28?/m1/s1. The molecule has 8 nitrogen and oxygen atoms in total. The maximum atomic E-state index is 14.0. The fourth-order valence-corrected chi connectivity index (χ4v) is 11.3. The Morgan fingerprint density at radius 3 is 2.25 bits per heavy atom. The molecule has 0 spiro atoms. The number of carbonyl (C=O) groups is 3. The highest BCUT2D eigenvalue weighted by atomic mass is 32.2. The second kappa shape index (κ2) is 12.0. The van der Waals surface area contributed by atoms with Gasteiger partial charge in [-0.25, -0.2) is 0 Å². The number of amides is 3. The largest absolute Gasteiger partial charge is 0.483 e. The normalized spacial score (nSPS) is 26.5. The summed E-state index contributed by atoms with van der Waals surface area (Å²) in [5.41, 5.74) is -1.48. The van der Waals surface area contributed by atoms with E-state index >= 15 is 0 Å². The van der Waals surface area contributed by atoms with Gasteiger partial charge in [0.2, 0.25) is 11.8 Å².